The molecule has 1 aliphatic rings. The van der Waals surface area contributed by atoms with Crippen LogP contribution in [0.15, 0.2) is 60.7 Å². The molecule has 1 N–H and O–H groups in total. The van der Waals surface area contributed by atoms with Crippen molar-refractivity contribution >= 4 is 12.4 Å². The van der Waals surface area contributed by atoms with Crippen molar-refractivity contribution in [2.75, 3.05) is 32.8 Å². The van der Waals surface area contributed by atoms with E-state index in [1.807, 2.05) is 24.3 Å². The maximum Gasteiger partial charge on any atom is 0.0979 e. The third-order valence-corrected chi connectivity index (χ3v) is 5.32. The number of ether oxygens (including phenoxy) is 1. The first kappa shape index (κ1) is 21.9. The molecule has 1 saturated heterocycles. The van der Waals surface area contributed by atoms with E-state index in [-0.39, 0.29) is 18.3 Å². The van der Waals surface area contributed by atoms with E-state index in [2.05, 4.69) is 55.1 Å². The molecule has 3 rings (SSSR count). The zero-order chi connectivity index (χ0) is 18.4. The molecule has 2 aromatic rings. The van der Waals surface area contributed by atoms with Crippen LogP contribution >= 0.6 is 12.4 Å². The highest BCUT2D eigenvalue weighted by atomic mass is 35.5. The molecule has 0 spiro atoms. The number of aliphatic hydroxyl groups is 1. The highest BCUT2D eigenvalue weighted by Gasteiger charge is 2.40. The fourth-order valence-corrected chi connectivity index (χ4v) is 4.07. The number of benzene rings is 2. The topological polar surface area (TPSA) is 32.7 Å². The Morgan fingerprint density at radius 1 is 0.963 bits per heavy atom. The Balaban J connectivity index is 0.00000261. The predicted octanol–water partition coefficient (Wildman–Crippen LogP) is 4.46. The first-order valence-electron chi connectivity index (χ1n) is 9.72. The molecule has 2 aromatic carbocycles. The molecule has 2 atom stereocenters. The summed E-state index contributed by atoms with van der Waals surface area (Å²) in [4.78, 5) is 2.43. The van der Waals surface area contributed by atoms with Gasteiger partial charge < -0.3 is 9.84 Å². The first-order valence-corrected chi connectivity index (χ1v) is 9.72. The molecule has 0 aromatic heterocycles. The normalized spacial score (nSPS) is 18.5. The molecule has 0 bridgehead atoms. The van der Waals surface area contributed by atoms with Crippen molar-refractivity contribution < 1.29 is 9.84 Å². The van der Waals surface area contributed by atoms with Crippen LogP contribution in [-0.4, -0.2) is 42.9 Å². The van der Waals surface area contributed by atoms with Crippen LogP contribution in [0, 0.1) is 5.92 Å². The van der Waals surface area contributed by atoms with Crippen molar-refractivity contribution in [1.29, 1.82) is 0 Å². The largest absolute Gasteiger partial charge is 0.384 e. The number of hydrogen-bond donors (Lipinski definition) is 1. The minimum absolute atomic E-state index is 0. The van der Waals surface area contributed by atoms with Gasteiger partial charge in [0.15, 0.2) is 0 Å². The second-order valence-electron chi connectivity index (χ2n) is 7.76. The Morgan fingerprint density at radius 3 is 2.07 bits per heavy atom. The van der Waals surface area contributed by atoms with Gasteiger partial charge in [0.25, 0.3) is 0 Å². The van der Waals surface area contributed by atoms with Crippen molar-refractivity contribution in [2.24, 2.45) is 5.92 Å². The Hall–Kier alpha value is -1.39. The molecule has 0 aliphatic carbocycles. The minimum atomic E-state index is -0.894. The van der Waals surface area contributed by atoms with Gasteiger partial charge in [-0.1, -0.05) is 74.5 Å². The summed E-state index contributed by atoms with van der Waals surface area (Å²) in [5.41, 5.74) is 1.32. The quantitative estimate of drug-likeness (QED) is 0.758. The van der Waals surface area contributed by atoms with E-state index in [9.17, 15) is 5.11 Å². The summed E-state index contributed by atoms with van der Waals surface area (Å²) in [5.74, 6) is 0.419. The van der Waals surface area contributed by atoms with Crippen molar-refractivity contribution in [1.82, 2.24) is 4.90 Å². The van der Waals surface area contributed by atoms with Crippen LogP contribution in [0.2, 0.25) is 0 Å². The van der Waals surface area contributed by atoms with Gasteiger partial charge in [-0.2, -0.15) is 0 Å². The van der Waals surface area contributed by atoms with Gasteiger partial charge in [0.05, 0.1) is 18.8 Å². The lowest BCUT2D eigenvalue weighted by molar-refractivity contribution is -0.0356. The maximum absolute atomic E-state index is 12.0. The maximum atomic E-state index is 12.0. The van der Waals surface area contributed by atoms with Crippen molar-refractivity contribution in [3.8, 4) is 0 Å². The average Bonchev–Trinajstić information content (AvgIpc) is 2.67. The Morgan fingerprint density at radius 2 is 1.52 bits per heavy atom. The molecular weight excluding hydrogens is 358 g/mol. The molecule has 4 heteroatoms. The molecule has 148 valence electrons. The lowest BCUT2D eigenvalue weighted by atomic mass is 9.72. The van der Waals surface area contributed by atoms with Crippen LogP contribution in [0.1, 0.15) is 37.3 Å². The van der Waals surface area contributed by atoms with Crippen LogP contribution in [0.4, 0.5) is 0 Å². The summed E-state index contributed by atoms with van der Waals surface area (Å²) in [7, 11) is 0. The molecule has 3 nitrogen and oxygen atoms in total. The SMILES string of the molecule is CC(C)CC(O)(c1ccccc1)C(CN1CCOCC1)c1ccccc1.Cl. The lowest BCUT2D eigenvalue weighted by Gasteiger charge is -2.41. The fourth-order valence-electron chi connectivity index (χ4n) is 4.07. The number of rotatable bonds is 7. The summed E-state index contributed by atoms with van der Waals surface area (Å²) in [6.07, 6.45) is 0.737. The monoisotopic (exact) mass is 389 g/mol. The molecule has 1 fully saturated rings. The van der Waals surface area contributed by atoms with E-state index < -0.39 is 5.60 Å². The smallest absolute Gasteiger partial charge is 0.0979 e. The Bertz CT molecular complexity index is 659. The van der Waals surface area contributed by atoms with Crippen molar-refractivity contribution in [3.63, 3.8) is 0 Å². The molecule has 0 radical (unpaired) electrons. The average molecular weight is 390 g/mol. The van der Waals surface area contributed by atoms with Crippen molar-refractivity contribution in [2.45, 2.75) is 31.8 Å². The van der Waals surface area contributed by atoms with E-state index >= 15 is 0 Å². The molecule has 0 saturated carbocycles. The summed E-state index contributed by atoms with van der Waals surface area (Å²) < 4.78 is 5.52. The highest BCUT2D eigenvalue weighted by Crippen LogP contribution is 2.42. The molecule has 1 heterocycles. The van der Waals surface area contributed by atoms with Gasteiger partial charge in [-0.05, 0) is 23.5 Å². The zero-order valence-corrected chi connectivity index (χ0v) is 17.2. The molecule has 27 heavy (non-hydrogen) atoms. The van der Waals surface area contributed by atoms with Gasteiger partial charge in [-0.3, -0.25) is 4.90 Å². The van der Waals surface area contributed by atoms with Gasteiger partial charge in [0, 0.05) is 25.6 Å². The number of halogens is 1. The van der Waals surface area contributed by atoms with Gasteiger partial charge in [0.2, 0.25) is 0 Å². The highest BCUT2D eigenvalue weighted by molar-refractivity contribution is 5.85. The van der Waals surface area contributed by atoms with E-state index in [4.69, 9.17) is 4.74 Å². The zero-order valence-electron chi connectivity index (χ0n) is 16.4. The predicted molar refractivity (Wildman–Crippen MR) is 113 cm³/mol. The summed E-state index contributed by atoms with van der Waals surface area (Å²) in [5, 5.41) is 12.0. The fraction of sp³-hybridized carbons (Fsp3) is 0.478. The summed E-state index contributed by atoms with van der Waals surface area (Å²) in [6.45, 7) is 8.61. The summed E-state index contributed by atoms with van der Waals surface area (Å²) in [6, 6.07) is 20.7. The second kappa shape index (κ2) is 10.2. The van der Waals surface area contributed by atoms with Crippen LogP contribution < -0.4 is 0 Å². The number of nitrogens with zero attached hydrogens (tertiary/aromatic N) is 1. The standard InChI is InChI=1S/C23H31NO2.ClH/c1-19(2)17-23(25,21-11-7-4-8-12-21)22(20-9-5-3-6-10-20)18-24-13-15-26-16-14-24;/h3-12,19,22,25H,13-18H2,1-2H3;1H. The Labute approximate surface area is 169 Å². The van der Waals surface area contributed by atoms with E-state index in [0.29, 0.717) is 5.92 Å². The second-order valence-corrected chi connectivity index (χ2v) is 7.76. The van der Waals surface area contributed by atoms with Gasteiger partial charge in [-0.25, -0.2) is 0 Å². The van der Waals surface area contributed by atoms with Crippen LogP contribution in [0.3, 0.4) is 0 Å². The van der Waals surface area contributed by atoms with Gasteiger partial charge in [0.1, 0.15) is 0 Å². The Kier molecular flexibility index (Phi) is 8.30. The number of hydrogen-bond acceptors (Lipinski definition) is 3. The van der Waals surface area contributed by atoms with Crippen LogP contribution in [-0.2, 0) is 10.3 Å². The van der Waals surface area contributed by atoms with Gasteiger partial charge in [-0.15, -0.1) is 12.4 Å². The summed E-state index contributed by atoms with van der Waals surface area (Å²) >= 11 is 0. The first-order chi connectivity index (χ1) is 12.6. The van der Waals surface area contributed by atoms with E-state index in [1.54, 1.807) is 0 Å². The number of morpholine rings is 1. The molecule has 0 amide bonds. The van der Waals surface area contributed by atoms with Crippen LogP contribution in [0.5, 0.6) is 0 Å². The third kappa shape index (κ3) is 5.55. The van der Waals surface area contributed by atoms with Gasteiger partial charge >= 0.3 is 0 Å². The lowest BCUT2D eigenvalue weighted by Crippen LogP contribution is -2.45. The molecule has 2 unspecified atom stereocenters. The third-order valence-electron chi connectivity index (χ3n) is 5.32. The molecular formula is C23H32ClNO2. The minimum Gasteiger partial charge on any atom is -0.384 e. The van der Waals surface area contributed by atoms with E-state index in [1.165, 1.54) is 5.56 Å². The van der Waals surface area contributed by atoms with Crippen molar-refractivity contribution in [3.05, 3.63) is 71.8 Å². The van der Waals surface area contributed by atoms with Crippen LogP contribution in [0.25, 0.3) is 0 Å². The molecule has 1 aliphatic heterocycles. The van der Waals surface area contributed by atoms with E-state index in [0.717, 1.165) is 44.8 Å².